The van der Waals surface area contributed by atoms with Crippen LogP contribution in [-0.2, 0) is 16.0 Å². The SMILES string of the molecule is COc1ccc(CCOC(=O)c2c(NC(C)=O)sc(C)c2C)cc1. The van der Waals surface area contributed by atoms with Crippen molar-refractivity contribution in [2.75, 3.05) is 19.0 Å². The van der Waals surface area contributed by atoms with Crippen LogP contribution in [0.2, 0.25) is 0 Å². The van der Waals surface area contributed by atoms with E-state index in [0.717, 1.165) is 21.8 Å². The van der Waals surface area contributed by atoms with Gasteiger partial charge in [-0.15, -0.1) is 11.3 Å². The minimum atomic E-state index is -0.408. The zero-order valence-electron chi connectivity index (χ0n) is 14.3. The van der Waals surface area contributed by atoms with Crippen molar-refractivity contribution in [3.8, 4) is 5.75 Å². The van der Waals surface area contributed by atoms with Crippen LogP contribution in [0.5, 0.6) is 5.75 Å². The molecule has 1 amide bonds. The lowest BCUT2D eigenvalue weighted by Crippen LogP contribution is -2.13. The van der Waals surface area contributed by atoms with Gasteiger partial charge in [0.15, 0.2) is 0 Å². The molecule has 1 aromatic heterocycles. The van der Waals surface area contributed by atoms with Crippen molar-refractivity contribution >= 4 is 28.2 Å². The maximum absolute atomic E-state index is 12.4. The number of amides is 1. The molecule has 0 bridgehead atoms. The molecule has 0 aliphatic heterocycles. The van der Waals surface area contributed by atoms with Gasteiger partial charge in [-0.2, -0.15) is 0 Å². The fourth-order valence-electron chi connectivity index (χ4n) is 2.25. The number of carbonyl (C=O) groups is 2. The number of carbonyl (C=O) groups excluding carboxylic acids is 2. The minimum Gasteiger partial charge on any atom is -0.497 e. The van der Waals surface area contributed by atoms with E-state index in [0.29, 0.717) is 17.0 Å². The molecule has 0 spiro atoms. The largest absolute Gasteiger partial charge is 0.497 e. The van der Waals surface area contributed by atoms with Gasteiger partial charge in [0.1, 0.15) is 10.8 Å². The molecule has 24 heavy (non-hydrogen) atoms. The van der Waals surface area contributed by atoms with Gasteiger partial charge in [-0.05, 0) is 37.1 Å². The second-order valence-corrected chi connectivity index (χ2v) is 6.63. The van der Waals surface area contributed by atoms with Gasteiger partial charge < -0.3 is 14.8 Å². The summed E-state index contributed by atoms with van der Waals surface area (Å²) in [5.41, 5.74) is 2.35. The summed E-state index contributed by atoms with van der Waals surface area (Å²) in [6.07, 6.45) is 0.618. The van der Waals surface area contributed by atoms with Crippen molar-refractivity contribution in [2.24, 2.45) is 0 Å². The van der Waals surface area contributed by atoms with Crippen LogP contribution in [-0.4, -0.2) is 25.6 Å². The fourth-order valence-corrected chi connectivity index (χ4v) is 3.34. The molecule has 0 unspecified atom stereocenters. The zero-order valence-corrected chi connectivity index (χ0v) is 15.1. The zero-order chi connectivity index (χ0) is 17.7. The summed E-state index contributed by atoms with van der Waals surface area (Å²) in [7, 11) is 1.62. The Labute approximate surface area is 145 Å². The second-order valence-electron chi connectivity index (χ2n) is 5.40. The predicted molar refractivity (Wildman–Crippen MR) is 95.1 cm³/mol. The van der Waals surface area contributed by atoms with E-state index in [1.807, 2.05) is 38.1 Å². The normalized spacial score (nSPS) is 10.3. The van der Waals surface area contributed by atoms with Crippen LogP contribution in [0.4, 0.5) is 5.00 Å². The van der Waals surface area contributed by atoms with Crippen LogP contribution in [0, 0.1) is 13.8 Å². The first kappa shape index (κ1) is 18.0. The summed E-state index contributed by atoms with van der Waals surface area (Å²) in [6.45, 7) is 5.47. The third kappa shape index (κ3) is 4.35. The smallest absolute Gasteiger partial charge is 0.341 e. The number of nitrogens with one attached hydrogen (secondary N) is 1. The standard InChI is InChI=1S/C18H21NO4S/c1-11-12(2)24-17(19-13(3)20)16(11)18(21)23-10-9-14-5-7-15(22-4)8-6-14/h5-8H,9-10H2,1-4H3,(H,19,20). The molecular weight excluding hydrogens is 326 g/mol. The molecule has 6 heteroatoms. The first-order valence-corrected chi connectivity index (χ1v) is 8.41. The van der Waals surface area contributed by atoms with Crippen LogP contribution >= 0.6 is 11.3 Å². The van der Waals surface area contributed by atoms with E-state index in [-0.39, 0.29) is 12.5 Å². The third-order valence-electron chi connectivity index (χ3n) is 3.66. The monoisotopic (exact) mass is 347 g/mol. The second kappa shape index (κ2) is 7.97. The molecule has 0 fully saturated rings. The molecule has 0 saturated carbocycles. The topological polar surface area (TPSA) is 64.6 Å². The highest BCUT2D eigenvalue weighted by Crippen LogP contribution is 2.33. The summed E-state index contributed by atoms with van der Waals surface area (Å²) in [5.74, 6) is 0.178. The number of benzene rings is 1. The van der Waals surface area contributed by atoms with Crippen LogP contribution in [0.3, 0.4) is 0 Å². The van der Waals surface area contributed by atoms with Crippen molar-refractivity contribution in [1.82, 2.24) is 0 Å². The van der Waals surface area contributed by atoms with Gasteiger partial charge in [-0.3, -0.25) is 4.79 Å². The van der Waals surface area contributed by atoms with Gasteiger partial charge in [0.25, 0.3) is 0 Å². The molecule has 1 aromatic carbocycles. The third-order valence-corrected chi connectivity index (χ3v) is 4.78. The Bertz CT molecular complexity index is 734. The number of hydrogen-bond donors (Lipinski definition) is 1. The number of anilines is 1. The first-order chi connectivity index (χ1) is 11.4. The van der Waals surface area contributed by atoms with Crippen molar-refractivity contribution in [1.29, 1.82) is 0 Å². The molecule has 0 aliphatic rings. The van der Waals surface area contributed by atoms with Gasteiger partial charge in [0, 0.05) is 18.2 Å². The van der Waals surface area contributed by atoms with Gasteiger partial charge in [-0.25, -0.2) is 4.79 Å². The summed E-state index contributed by atoms with van der Waals surface area (Å²) < 4.78 is 10.5. The van der Waals surface area contributed by atoms with Gasteiger partial charge in [0.2, 0.25) is 5.91 Å². The highest BCUT2D eigenvalue weighted by molar-refractivity contribution is 7.16. The molecule has 2 rings (SSSR count). The number of hydrogen-bond acceptors (Lipinski definition) is 5. The van der Waals surface area contributed by atoms with E-state index >= 15 is 0 Å². The van der Waals surface area contributed by atoms with Crippen molar-refractivity contribution < 1.29 is 19.1 Å². The van der Waals surface area contributed by atoms with Crippen molar-refractivity contribution in [2.45, 2.75) is 27.2 Å². The Morgan fingerprint density at radius 1 is 1.17 bits per heavy atom. The van der Waals surface area contributed by atoms with E-state index in [9.17, 15) is 9.59 Å². The summed E-state index contributed by atoms with van der Waals surface area (Å²) in [4.78, 5) is 24.7. The number of thiophene rings is 1. The molecule has 1 N–H and O–H groups in total. The van der Waals surface area contributed by atoms with Crippen LogP contribution in [0.1, 0.15) is 33.3 Å². The van der Waals surface area contributed by atoms with E-state index < -0.39 is 5.97 Å². The highest BCUT2D eigenvalue weighted by Gasteiger charge is 2.21. The molecule has 0 radical (unpaired) electrons. The summed E-state index contributed by atoms with van der Waals surface area (Å²) >= 11 is 1.38. The van der Waals surface area contributed by atoms with E-state index in [1.54, 1.807) is 7.11 Å². The number of methoxy groups -OCH3 is 1. The average Bonchev–Trinajstić information content (AvgIpc) is 2.81. The summed E-state index contributed by atoms with van der Waals surface area (Å²) in [5, 5.41) is 3.25. The lowest BCUT2D eigenvalue weighted by Gasteiger charge is -2.08. The maximum atomic E-state index is 12.4. The summed E-state index contributed by atoms with van der Waals surface area (Å²) in [6, 6.07) is 7.63. The molecule has 128 valence electrons. The molecule has 5 nitrogen and oxygen atoms in total. The molecule has 0 saturated heterocycles. The number of aryl methyl sites for hydroxylation is 1. The van der Waals surface area contributed by atoms with Gasteiger partial charge in [0.05, 0.1) is 19.3 Å². The molecule has 0 aliphatic carbocycles. The number of rotatable bonds is 6. The lowest BCUT2D eigenvalue weighted by molar-refractivity contribution is -0.114. The van der Waals surface area contributed by atoms with E-state index in [1.165, 1.54) is 18.3 Å². The van der Waals surface area contributed by atoms with E-state index in [4.69, 9.17) is 9.47 Å². The molecular formula is C18H21NO4S. The number of ether oxygens (including phenoxy) is 2. The quantitative estimate of drug-likeness (QED) is 0.809. The predicted octanol–water partition coefficient (Wildman–Crippen LogP) is 3.73. The van der Waals surface area contributed by atoms with Gasteiger partial charge >= 0.3 is 5.97 Å². The molecule has 0 atom stereocenters. The Balaban J connectivity index is 2.00. The average molecular weight is 347 g/mol. The maximum Gasteiger partial charge on any atom is 0.341 e. The first-order valence-electron chi connectivity index (χ1n) is 7.60. The molecule has 2 aromatic rings. The Morgan fingerprint density at radius 3 is 2.42 bits per heavy atom. The van der Waals surface area contributed by atoms with Crippen molar-refractivity contribution in [3.63, 3.8) is 0 Å². The van der Waals surface area contributed by atoms with Crippen LogP contribution in [0.25, 0.3) is 0 Å². The Hall–Kier alpha value is -2.34. The van der Waals surface area contributed by atoms with Crippen molar-refractivity contribution in [3.05, 3.63) is 45.8 Å². The Kier molecular flexibility index (Phi) is 5.98. The minimum absolute atomic E-state index is 0.205. The fraction of sp³-hybridized carbons (Fsp3) is 0.333. The van der Waals surface area contributed by atoms with Gasteiger partial charge in [-0.1, -0.05) is 12.1 Å². The van der Waals surface area contributed by atoms with E-state index in [2.05, 4.69) is 5.32 Å². The van der Waals surface area contributed by atoms with Crippen LogP contribution in [0.15, 0.2) is 24.3 Å². The Morgan fingerprint density at radius 2 is 1.83 bits per heavy atom. The van der Waals surface area contributed by atoms with Crippen LogP contribution < -0.4 is 10.1 Å². The highest BCUT2D eigenvalue weighted by atomic mass is 32.1. The lowest BCUT2D eigenvalue weighted by atomic mass is 10.1. The molecule has 1 heterocycles. The number of esters is 1.